The number of hydrogen-bond acceptors (Lipinski definition) is 0. The van der Waals surface area contributed by atoms with E-state index in [9.17, 15) is 0 Å². The predicted molar refractivity (Wildman–Crippen MR) is 63.2 cm³/mol. The van der Waals surface area contributed by atoms with Gasteiger partial charge in [-0.15, -0.1) is 0 Å². The first-order valence-electron chi connectivity index (χ1n) is 4.94. The third-order valence-electron chi connectivity index (χ3n) is 2.34. The number of rotatable bonds is 3. The summed E-state index contributed by atoms with van der Waals surface area (Å²) in [7, 11) is 0. The van der Waals surface area contributed by atoms with Crippen molar-refractivity contribution in [3.8, 4) is 0 Å². The van der Waals surface area contributed by atoms with Crippen molar-refractivity contribution >= 4 is 0 Å². The Kier molecular flexibility index (Phi) is 2.82. The summed E-state index contributed by atoms with van der Waals surface area (Å²) in [5.41, 5.74) is 2.29. The van der Waals surface area contributed by atoms with Gasteiger partial charge in [-0.05, 0) is 23.1 Å². The molecule has 72 valence electrons. The summed E-state index contributed by atoms with van der Waals surface area (Å²) >= 11 is 0. The van der Waals surface area contributed by atoms with Gasteiger partial charge in [-0.25, -0.2) is 0 Å². The van der Waals surface area contributed by atoms with E-state index in [0.29, 0.717) is 0 Å². The fraction of sp³-hybridized carbons (Fsp3) is 0. The Labute approximate surface area is 90.9 Å². The molecule has 2 rings (SSSR count). The van der Waals surface area contributed by atoms with E-state index in [1.807, 2.05) is 36.4 Å². The molecular weight excluding hydrogens is 180 g/mol. The van der Waals surface area contributed by atoms with Gasteiger partial charge in [0, 0.05) is 0 Å². The molecule has 0 aliphatic rings. The summed E-state index contributed by atoms with van der Waals surface area (Å²) in [4.78, 5) is 0. The molecule has 0 aromatic heterocycles. The lowest BCUT2D eigenvalue weighted by Crippen LogP contribution is -1.97. The minimum absolute atomic E-state index is 1.07. The van der Waals surface area contributed by atoms with Crippen LogP contribution < -0.4 is 0 Å². The Hall–Kier alpha value is -2.04. The monoisotopic (exact) mass is 192 g/mol. The summed E-state index contributed by atoms with van der Waals surface area (Å²) in [5.74, 6) is 1.07. The molecular formula is C15H12. The summed E-state index contributed by atoms with van der Waals surface area (Å²) < 4.78 is 0. The normalized spacial score (nSPS) is 9.53. The Bertz CT molecular complexity index is 375. The van der Waals surface area contributed by atoms with E-state index in [1.165, 1.54) is 0 Å². The van der Waals surface area contributed by atoms with Crippen LogP contribution in [0, 0.1) is 12.5 Å². The molecule has 0 atom stereocenters. The Morgan fingerprint density at radius 1 is 0.733 bits per heavy atom. The zero-order chi connectivity index (χ0) is 10.5. The molecule has 2 aromatic rings. The highest BCUT2D eigenvalue weighted by atomic mass is 14.1. The standard InChI is InChI=1S/C15H12/c1-2-15(13-9-5-3-6-10-13)14-11-7-4-8-12-14/h1-12H. The molecule has 2 aromatic carbocycles. The molecule has 0 saturated heterocycles. The lowest BCUT2D eigenvalue weighted by molar-refractivity contribution is 1.29. The van der Waals surface area contributed by atoms with Crippen LogP contribution in [0.25, 0.3) is 0 Å². The average molecular weight is 192 g/mol. The SMILES string of the molecule is [CH+]=C[C-](c1ccccc1)c1ccccc1. The van der Waals surface area contributed by atoms with Crippen molar-refractivity contribution in [2.45, 2.75) is 0 Å². The third kappa shape index (κ3) is 2.07. The maximum absolute atomic E-state index is 5.67. The highest BCUT2D eigenvalue weighted by Gasteiger charge is 2.08. The molecule has 0 N–H and O–H groups in total. The fourth-order valence-corrected chi connectivity index (χ4v) is 1.59. The minimum atomic E-state index is 1.07. The fourth-order valence-electron chi connectivity index (χ4n) is 1.59. The van der Waals surface area contributed by atoms with Crippen molar-refractivity contribution in [2.24, 2.45) is 0 Å². The summed E-state index contributed by atoms with van der Waals surface area (Å²) in [6, 6.07) is 20.3. The van der Waals surface area contributed by atoms with Crippen molar-refractivity contribution in [1.29, 1.82) is 0 Å². The molecule has 0 fully saturated rings. The maximum atomic E-state index is 5.67. The van der Waals surface area contributed by atoms with Crippen LogP contribution in [-0.2, 0) is 0 Å². The molecule has 0 spiro atoms. The van der Waals surface area contributed by atoms with Crippen molar-refractivity contribution in [3.05, 3.63) is 90.4 Å². The third-order valence-corrected chi connectivity index (χ3v) is 2.34. The van der Waals surface area contributed by atoms with Gasteiger partial charge in [0.1, 0.15) is 0 Å². The second-order valence-electron chi connectivity index (χ2n) is 3.31. The summed E-state index contributed by atoms with van der Waals surface area (Å²) in [6.45, 7) is 5.67. The number of hydrogen-bond donors (Lipinski definition) is 0. The van der Waals surface area contributed by atoms with Gasteiger partial charge in [0.15, 0.2) is 0 Å². The zero-order valence-corrected chi connectivity index (χ0v) is 8.43. The molecule has 0 radical (unpaired) electrons. The Morgan fingerprint density at radius 3 is 1.47 bits per heavy atom. The average Bonchev–Trinajstić information content (AvgIpc) is 2.33. The van der Waals surface area contributed by atoms with Gasteiger partial charge in [-0.2, -0.15) is 6.58 Å². The zero-order valence-electron chi connectivity index (χ0n) is 8.43. The topological polar surface area (TPSA) is 0 Å². The van der Waals surface area contributed by atoms with E-state index in [4.69, 9.17) is 6.58 Å². The molecule has 0 heterocycles. The van der Waals surface area contributed by atoms with Crippen LogP contribution in [-0.4, -0.2) is 0 Å². The van der Waals surface area contributed by atoms with Gasteiger partial charge in [0.2, 0.25) is 0 Å². The lowest BCUT2D eigenvalue weighted by atomic mass is 9.92. The van der Waals surface area contributed by atoms with Crippen molar-refractivity contribution in [2.75, 3.05) is 0 Å². The van der Waals surface area contributed by atoms with Crippen LogP contribution in [0.1, 0.15) is 11.1 Å². The number of benzene rings is 2. The van der Waals surface area contributed by atoms with E-state index in [2.05, 4.69) is 24.3 Å². The van der Waals surface area contributed by atoms with Crippen LogP contribution in [0.2, 0.25) is 0 Å². The van der Waals surface area contributed by atoms with Crippen LogP contribution in [0.5, 0.6) is 0 Å². The second kappa shape index (κ2) is 4.45. The van der Waals surface area contributed by atoms with Crippen molar-refractivity contribution < 1.29 is 0 Å². The highest BCUT2D eigenvalue weighted by Crippen LogP contribution is 2.23. The molecule has 0 aliphatic carbocycles. The van der Waals surface area contributed by atoms with Crippen LogP contribution in [0.3, 0.4) is 0 Å². The van der Waals surface area contributed by atoms with Gasteiger partial charge < -0.3 is 0 Å². The molecule has 0 heteroatoms. The van der Waals surface area contributed by atoms with Gasteiger partial charge >= 0.3 is 0 Å². The van der Waals surface area contributed by atoms with Gasteiger partial charge in [-0.3, -0.25) is 0 Å². The van der Waals surface area contributed by atoms with Crippen molar-refractivity contribution in [1.82, 2.24) is 0 Å². The molecule has 15 heavy (non-hydrogen) atoms. The first kappa shape index (κ1) is 9.51. The Morgan fingerprint density at radius 2 is 1.13 bits per heavy atom. The van der Waals surface area contributed by atoms with Crippen LogP contribution in [0.15, 0.2) is 66.7 Å². The van der Waals surface area contributed by atoms with Gasteiger partial charge in [0.05, 0.1) is 0 Å². The molecule has 0 nitrogen and oxygen atoms in total. The van der Waals surface area contributed by atoms with Gasteiger partial charge in [-0.1, -0.05) is 60.7 Å². The van der Waals surface area contributed by atoms with E-state index in [-0.39, 0.29) is 0 Å². The smallest absolute Gasteiger partial charge is 0.00404 e. The predicted octanol–water partition coefficient (Wildman–Crippen LogP) is 3.65. The molecule has 0 amide bonds. The quantitative estimate of drug-likeness (QED) is 0.651. The van der Waals surface area contributed by atoms with E-state index < -0.39 is 0 Å². The van der Waals surface area contributed by atoms with Crippen LogP contribution in [0.4, 0.5) is 0 Å². The summed E-state index contributed by atoms with van der Waals surface area (Å²) in [6.07, 6.45) is 1.66. The maximum Gasteiger partial charge on any atom is -0.00404 e. The van der Waals surface area contributed by atoms with E-state index >= 15 is 0 Å². The molecule has 0 unspecified atom stereocenters. The minimum Gasteiger partial charge on any atom is -0.165 e. The van der Waals surface area contributed by atoms with Gasteiger partial charge in [0.25, 0.3) is 0 Å². The van der Waals surface area contributed by atoms with Crippen molar-refractivity contribution in [3.63, 3.8) is 0 Å². The first-order chi connectivity index (χ1) is 7.42. The second-order valence-corrected chi connectivity index (χ2v) is 3.31. The van der Waals surface area contributed by atoms with Crippen LogP contribution >= 0.6 is 0 Å². The largest absolute Gasteiger partial charge is 0.165 e. The van der Waals surface area contributed by atoms with E-state index in [1.54, 1.807) is 6.08 Å². The summed E-state index contributed by atoms with van der Waals surface area (Å²) in [5, 5.41) is 0. The number of allylic oxidation sites excluding steroid dienone is 1. The first-order valence-corrected chi connectivity index (χ1v) is 4.94. The molecule has 0 bridgehead atoms. The molecule has 0 aliphatic heterocycles. The Balaban J connectivity index is 2.38. The lowest BCUT2D eigenvalue weighted by Gasteiger charge is -2.12. The highest BCUT2D eigenvalue weighted by molar-refractivity contribution is 5.50. The van der Waals surface area contributed by atoms with E-state index in [0.717, 1.165) is 17.0 Å². The molecule has 0 saturated carbocycles.